The van der Waals surface area contributed by atoms with Gasteiger partial charge in [0.15, 0.2) is 5.82 Å². The van der Waals surface area contributed by atoms with Crippen molar-refractivity contribution in [3.8, 4) is 11.5 Å². The summed E-state index contributed by atoms with van der Waals surface area (Å²) in [5.41, 5.74) is 5.85. The van der Waals surface area contributed by atoms with Gasteiger partial charge in [0.2, 0.25) is 0 Å². The van der Waals surface area contributed by atoms with Crippen molar-refractivity contribution in [2.45, 2.75) is 6.42 Å². The van der Waals surface area contributed by atoms with E-state index in [1.165, 1.54) is 5.56 Å². The van der Waals surface area contributed by atoms with E-state index in [2.05, 4.69) is 31.6 Å². The van der Waals surface area contributed by atoms with Crippen LogP contribution in [-0.2, 0) is 6.42 Å². The fourth-order valence-electron chi connectivity index (χ4n) is 3.31. The van der Waals surface area contributed by atoms with Crippen LogP contribution in [0, 0.1) is 0 Å². The molecule has 0 saturated heterocycles. The van der Waals surface area contributed by atoms with Crippen LogP contribution in [0.5, 0.6) is 0 Å². The van der Waals surface area contributed by atoms with E-state index in [9.17, 15) is 4.79 Å². The van der Waals surface area contributed by atoms with Gasteiger partial charge in [-0.05, 0) is 35.7 Å². The minimum atomic E-state index is -0.160. The first-order valence-corrected chi connectivity index (χ1v) is 8.38. The first-order valence-electron chi connectivity index (χ1n) is 8.38. The number of fused-ring (bicyclic) bond motifs is 2. The Balaban J connectivity index is 1.49. The number of benzene rings is 2. The van der Waals surface area contributed by atoms with Gasteiger partial charge in [0.1, 0.15) is 5.69 Å². The Labute approximate surface area is 149 Å². The van der Waals surface area contributed by atoms with Crippen LogP contribution in [0.3, 0.4) is 0 Å². The number of aromatic nitrogens is 4. The first-order chi connectivity index (χ1) is 12.8. The van der Waals surface area contributed by atoms with Gasteiger partial charge < -0.3 is 10.3 Å². The summed E-state index contributed by atoms with van der Waals surface area (Å²) >= 11 is 0. The third-order valence-corrected chi connectivity index (χ3v) is 4.58. The first kappa shape index (κ1) is 14.7. The summed E-state index contributed by atoms with van der Waals surface area (Å²) in [6.45, 7) is 0. The van der Waals surface area contributed by atoms with E-state index in [1.807, 2.05) is 48.5 Å². The molecule has 5 rings (SSSR count). The van der Waals surface area contributed by atoms with Crippen molar-refractivity contribution in [3.63, 3.8) is 0 Å². The molecular weight excluding hydrogens is 326 g/mol. The lowest BCUT2D eigenvalue weighted by molar-refractivity contribution is 0.102. The minimum absolute atomic E-state index is 0.160. The van der Waals surface area contributed by atoms with Crippen LogP contribution < -0.4 is 5.32 Å². The van der Waals surface area contributed by atoms with Gasteiger partial charge in [0.05, 0.1) is 22.9 Å². The van der Waals surface area contributed by atoms with E-state index in [4.69, 9.17) is 0 Å². The number of imidazole rings is 1. The molecule has 0 unspecified atom stereocenters. The van der Waals surface area contributed by atoms with E-state index in [0.717, 1.165) is 23.0 Å². The summed E-state index contributed by atoms with van der Waals surface area (Å²) in [5.74, 6) is 0.476. The van der Waals surface area contributed by atoms with Gasteiger partial charge in [0.25, 0.3) is 5.91 Å². The number of nitrogens with zero attached hydrogens (tertiary/aromatic N) is 2. The quantitative estimate of drug-likeness (QED) is 0.530. The maximum absolute atomic E-state index is 12.8. The van der Waals surface area contributed by atoms with Crippen molar-refractivity contribution in [1.29, 1.82) is 0 Å². The average Bonchev–Trinajstić information content (AvgIpc) is 3.39. The third kappa shape index (κ3) is 2.31. The second-order valence-electron chi connectivity index (χ2n) is 6.20. The van der Waals surface area contributed by atoms with Crippen LogP contribution in [0.1, 0.15) is 21.5 Å². The summed E-state index contributed by atoms with van der Waals surface area (Å²) in [4.78, 5) is 20.6. The summed E-state index contributed by atoms with van der Waals surface area (Å²) < 4.78 is 0. The number of para-hydroxylation sites is 2. The van der Waals surface area contributed by atoms with E-state index in [0.29, 0.717) is 22.8 Å². The van der Waals surface area contributed by atoms with Crippen molar-refractivity contribution in [1.82, 2.24) is 20.2 Å². The molecule has 4 aromatic rings. The topological polar surface area (TPSA) is 86.5 Å². The lowest BCUT2D eigenvalue weighted by Crippen LogP contribution is -2.14. The Kier molecular flexibility index (Phi) is 3.21. The SMILES string of the molecule is O=C(Nc1cn[nH]c1-c1nc2ccccc2[nH]1)c1cccc2c1C=CC2. The molecule has 1 aliphatic rings. The lowest BCUT2D eigenvalue weighted by Gasteiger charge is -2.08. The molecule has 1 amide bonds. The fraction of sp³-hybridized carbons (Fsp3) is 0.0500. The van der Waals surface area contributed by atoms with Crippen molar-refractivity contribution in [2.75, 3.05) is 5.32 Å². The summed E-state index contributed by atoms with van der Waals surface area (Å²) in [6.07, 6.45) is 6.53. The minimum Gasteiger partial charge on any atom is -0.337 e. The molecule has 0 saturated carbocycles. The number of amides is 1. The number of hydrogen-bond donors (Lipinski definition) is 3. The van der Waals surface area contributed by atoms with Gasteiger partial charge in [-0.1, -0.05) is 36.4 Å². The summed E-state index contributed by atoms with van der Waals surface area (Å²) in [5, 5.41) is 9.95. The molecule has 0 aliphatic heterocycles. The number of rotatable bonds is 3. The van der Waals surface area contributed by atoms with Crippen molar-refractivity contribution >= 4 is 28.7 Å². The fourth-order valence-corrected chi connectivity index (χ4v) is 3.31. The molecule has 0 radical (unpaired) electrons. The highest BCUT2D eigenvalue weighted by Crippen LogP contribution is 2.27. The molecule has 3 N–H and O–H groups in total. The number of carbonyl (C=O) groups is 1. The smallest absolute Gasteiger partial charge is 0.256 e. The number of aromatic amines is 2. The molecule has 0 bridgehead atoms. The van der Waals surface area contributed by atoms with Gasteiger partial charge in [0, 0.05) is 5.56 Å². The standard InChI is InChI=1S/C20H15N5O/c26-20(14-8-4-6-12-5-3-7-13(12)14)24-17-11-21-25-18(17)19-22-15-9-1-2-10-16(15)23-19/h1-4,6-11H,5H2,(H,21,25)(H,22,23)(H,24,26). The van der Waals surface area contributed by atoms with E-state index >= 15 is 0 Å². The Morgan fingerprint density at radius 3 is 2.96 bits per heavy atom. The number of hydrogen-bond acceptors (Lipinski definition) is 3. The predicted octanol–water partition coefficient (Wildman–Crippen LogP) is 3.77. The molecule has 0 atom stereocenters. The van der Waals surface area contributed by atoms with E-state index < -0.39 is 0 Å². The molecule has 0 fully saturated rings. The molecule has 0 spiro atoms. The molecule has 2 heterocycles. The van der Waals surface area contributed by atoms with Crippen LogP contribution >= 0.6 is 0 Å². The van der Waals surface area contributed by atoms with Crippen molar-refractivity contribution in [3.05, 3.63) is 71.4 Å². The molecule has 2 aromatic heterocycles. The van der Waals surface area contributed by atoms with E-state index in [1.54, 1.807) is 6.20 Å². The molecule has 26 heavy (non-hydrogen) atoms. The molecule has 6 nitrogen and oxygen atoms in total. The molecule has 6 heteroatoms. The largest absolute Gasteiger partial charge is 0.337 e. The predicted molar refractivity (Wildman–Crippen MR) is 101 cm³/mol. The highest BCUT2D eigenvalue weighted by Gasteiger charge is 2.18. The molecule has 126 valence electrons. The van der Waals surface area contributed by atoms with Gasteiger partial charge in [-0.3, -0.25) is 9.89 Å². The van der Waals surface area contributed by atoms with Crippen molar-refractivity contribution in [2.24, 2.45) is 0 Å². The maximum Gasteiger partial charge on any atom is 0.256 e. The van der Waals surface area contributed by atoms with Crippen LogP contribution in [-0.4, -0.2) is 26.1 Å². The number of allylic oxidation sites excluding steroid dienone is 1. The lowest BCUT2D eigenvalue weighted by atomic mass is 10.0. The molecule has 2 aromatic carbocycles. The Morgan fingerprint density at radius 2 is 2.04 bits per heavy atom. The highest BCUT2D eigenvalue weighted by atomic mass is 16.1. The molecular formula is C20H15N5O. The highest BCUT2D eigenvalue weighted by molar-refractivity contribution is 6.08. The van der Waals surface area contributed by atoms with Crippen molar-refractivity contribution < 1.29 is 4.79 Å². The summed E-state index contributed by atoms with van der Waals surface area (Å²) in [7, 11) is 0. The third-order valence-electron chi connectivity index (χ3n) is 4.58. The van der Waals surface area contributed by atoms with Crippen LogP contribution in [0.25, 0.3) is 28.6 Å². The van der Waals surface area contributed by atoms with Crippen LogP contribution in [0.4, 0.5) is 5.69 Å². The number of nitrogens with one attached hydrogen (secondary N) is 3. The number of carbonyl (C=O) groups excluding carboxylic acids is 1. The van der Waals surface area contributed by atoms with Crippen LogP contribution in [0.2, 0.25) is 0 Å². The Bertz CT molecular complexity index is 1130. The van der Waals surface area contributed by atoms with Gasteiger partial charge >= 0.3 is 0 Å². The maximum atomic E-state index is 12.8. The zero-order chi connectivity index (χ0) is 17.5. The van der Waals surface area contributed by atoms with E-state index in [-0.39, 0.29) is 5.91 Å². The molecule has 1 aliphatic carbocycles. The van der Waals surface area contributed by atoms with Gasteiger partial charge in [-0.25, -0.2) is 4.98 Å². The number of H-pyrrole nitrogens is 2. The van der Waals surface area contributed by atoms with Gasteiger partial charge in [-0.2, -0.15) is 5.10 Å². The second kappa shape index (κ2) is 5.70. The zero-order valence-corrected chi connectivity index (χ0v) is 13.8. The zero-order valence-electron chi connectivity index (χ0n) is 13.8. The Morgan fingerprint density at radius 1 is 1.12 bits per heavy atom. The van der Waals surface area contributed by atoms with Crippen LogP contribution in [0.15, 0.2) is 54.7 Å². The average molecular weight is 341 g/mol. The summed E-state index contributed by atoms with van der Waals surface area (Å²) in [6, 6.07) is 13.6. The van der Waals surface area contributed by atoms with Gasteiger partial charge in [-0.15, -0.1) is 0 Å². The second-order valence-corrected chi connectivity index (χ2v) is 6.20. The Hall–Kier alpha value is -3.67. The normalized spacial score (nSPS) is 12.5. The number of anilines is 1. The monoisotopic (exact) mass is 341 g/mol.